The minimum absolute atomic E-state index is 0.0679. The molecule has 112 valence electrons. The molecular weight excluding hydrogens is 291 g/mol. The van der Waals surface area contributed by atoms with Gasteiger partial charge in [-0.25, -0.2) is 15.8 Å². The Morgan fingerprint density at radius 2 is 2.00 bits per heavy atom. The molecule has 1 aliphatic carbocycles. The van der Waals surface area contributed by atoms with Gasteiger partial charge in [-0.2, -0.15) is 24.9 Å². The summed E-state index contributed by atoms with van der Waals surface area (Å²) < 4.78 is 38.1. The highest BCUT2D eigenvalue weighted by molar-refractivity contribution is 8.00. The summed E-state index contributed by atoms with van der Waals surface area (Å²) in [7, 11) is 0. The second kappa shape index (κ2) is 5.65. The summed E-state index contributed by atoms with van der Waals surface area (Å²) in [6.07, 6.45) is 0.669. The number of alkyl halides is 3. The van der Waals surface area contributed by atoms with Crippen molar-refractivity contribution in [2.45, 2.75) is 30.2 Å². The van der Waals surface area contributed by atoms with E-state index in [4.69, 9.17) is 5.84 Å². The van der Waals surface area contributed by atoms with Gasteiger partial charge in [0.05, 0.1) is 0 Å². The Morgan fingerprint density at radius 3 is 2.45 bits per heavy atom. The van der Waals surface area contributed by atoms with Crippen molar-refractivity contribution in [3.63, 3.8) is 0 Å². The number of thioether (sulfide) groups is 1. The van der Waals surface area contributed by atoms with Crippen molar-refractivity contribution in [1.82, 2.24) is 9.97 Å². The monoisotopic (exact) mass is 307 g/mol. The number of nitrogens with zero attached hydrogens (tertiary/aromatic N) is 2. The van der Waals surface area contributed by atoms with E-state index < -0.39 is 12.0 Å². The van der Waals surface area contributed by atoms with E-state index in [2.05, 4.69) is 20.7 Å². The molecule has 0 spiro atoms. The molecule has 1 saturated carbocycles. The summed E-state index contributed by atoms with van der Waals surface area (Å²) in [5.74, 6) is 3.99. The SMILES string of the molecule is CSC1(CNc2cc(NN)nc(C(F)(F)F)n2)CCC1. The Morgan fingerprint density at radius 1 is 1.35 bits per heavy atom. The van der Waals surface area contributed by atoms with E-state index in [1.54, 1.807) is 11.8 Å². The van der Waals surface area contributed by atoms with Crippen molar-refractivity contribution in [3.05, 3.63) is 11.9 Å². The highest BCUT2D eigenvalue weighted by Gasteiger charge is 2.37. The number of anilines is 2. The van der Waals surface area contributed by atoms with Gasteiger partial charge in [0.15, 0.2) is 0 Å². The molecule has 0 aromatic carbocycles. The van der Waals surface area contributed by atoms with E-state index in [1.165, 1.54) is 6.07 Å². The summed E-state index contributed by atoms with van der Waals surface area (Å²) in [6, 6.07) is 1.36. The Hall–Kier alpha value is -1.22. The molecule has 0 saturated heterocycles. The van der Waals surface area contributed by atoms with Crippen LogP contribution in [-0.4, -0.2) is 27.5 Å². The summed E-state index contributed by atoms with van der Waals surface area (Å²) in [6.45, 7) is 0.576. The molecule has 0 aliphatic heterocycles. The van der Waals surface area contributed by atoms with Gasteiger partial charge in [-0.3, -0.25) is 0 Å². The molecular formula is C11H16F3N5S. The third-order valence-corrected chi connectivity index (χ3v) is 4.84. The van der Waals surface area contributed by atoms with E-state index >= 15 is 0 Å². The first-order valence-corrected chi connectivity index (χ1v) is 7.33. The van der Waals surface area contributed by atoms with Crippen molar-refractivity contribution in [2.24, 2.45) is 5.84 Å². The van der Waals surface area contributed by atoms with Gasteiger partial charge in [0.1, 0.15) is 11.6 Å². The second-order valence-electron chi connectivity index (χ2n) is 4.70. The quantitative estimate of drug-likeness (QED) is 0.573. The average Bonchev–Trinajstić information content (AvgIpc) is 2.36. The highest BCUT2D eigenvalue weighted by atomic mass is 32.2. The molecule has 1 heterocycles. The first-order valence-electron chi connectivity index (χ1n) is 6.10. The van der Waals surface area contributed by atoms with Crippen molar-refractivity contribution >= 4 is 23.4 Å². The molecule has 1 aromatic rings. The largest absolute Gasteiger partial charge is 0.451 e. The molecule has 2 rings (SSSR count). The lowest BCUT2D eigenvalue weighted by Crippen LogP contribution is -2.40. The van der Waals surface area contributed by atoms with E-state index in [9.17, 15) is 13.2 Å². The lowest BCUT2D eigenvalue weighted by molar-refractivity contribution is -0.144. The Bertz CT molecular complexity index is 470. The van der Waals surface area contributed by atoms with Crippen LogP contribution in [0.2, 0.25) is 0 Å². The first kappa shape index (κ1) is 15.2. The van der Waals surface area contributed by atoms with Crippen LogP contribution in [0.1, 0.15) is 25.1 Å². The summed E-state index contributed by atoms with van der Waals surface area (Å²) in [5.41, 5.74) is 2.12. The van der Waals surface area contributed by atoms with Crippen LogP contribution in [0.5, 0.6) is 0 Å². The van der Waals surface area contributed by atoms with Gasteiger partial charge in [-0.15, -0.1) is 0 Å². The number of nitrogens with two attached hydrogens (primary N) is 1. The molecule has 0 amide bonds. The second-order valence-corrected chi connectivity index (χ2v) is 5.97. The average molecular weight is 307 g/mol. The standard InChI is InChI=1S/C11H16F3N5S/c1-20-10(3-2-4-10)6-16-7-5-8(19-15)18-9(17-7)11(12,13)14/h5H,2-4,6,15H2,1H3,(H2,16,17,18,19). The molecule has 1 aliphatic rings. The number of nitrogen functional groups attached to an aromatic ring is 1. The minimum Gasteiger partial charge on any atom is -0.368 e. The number of rotatable bonds is 5. The van der Waals surface area contributed by atoms with Crippen molar-refractivity contribution in [1.29, 1.82) is 0 Å². The maximum absolute atomic E-state index is 12.7. The normalized spacial score (nSPS) is 17.4. The van der Waals surface area contributed by atoms with Crippen molar-refractivity contribution < 1.29 is 13.2 Å². The Labute approximate surface area is 118 Å². The fourth-order valence-corrected chi connectivity index (χ4v) is 2.93. The molecule has 1 aromatic heterocycles. The molecule has 0 unspecified atom stereocenters. The smallest absolute Gasteiger partial charge is 0.368 e. The molecule has 9 heteroatoms. The molecule has 5 nitrogen and oxygen atoms in total. The molecule has 0 bridgehead atoms. The van der Waals surface area contributed by atoms with Crippen LogP contribution in [0.15, 0.2) is 6.07 Å². The van der Waals surface area contributed by atoms with Crippen LogP contribution in [-0.2, 0) is 6.18 Å². The maximum atomic E-state index is 12.7. The lowest BCUT2D eigenvalue weighted by Gasteiger charge is -2.40. The highest BCUT2D eigenvalue weighted by Crippen LogP contribution is 2.42. The first-order chi connectivity index (χ1) is 9.38. The fraction of sp³-hybridized carbons (Fsp3) is 0.636. The fourth-order valence-electron chi connectivity index (χ4n) is 2.01. The zero-order valence-electron chi connectivity index (χ0n) is 10.9. The molecule has 1 fully saturated rings. The third-order valence-electron chi connectivity index (χ3n) is 3.42. The van der Waals surface area contributed by atoms with E-state index in [0.29, 0.717) is 6.54 Å². The van der Waals surface area contributed by atoms with Gasteiger partial charge in [0, 0.05) is 17.4 Å². The Kier molecular flexibility index (Phi) is 4.28. The van der Waals surface area contributed by atoms with Crippen molar-refractivity contribution in [2.75, 3.05) is 23.5 Å². The van der Waals surface area contributed by atoms with Gasteiger partial charge < -0.3 is 10.7 Å². The zero-order valence-corrected chi connectivity index (χ0v) is 11.7. The number of hydrazine groups is 1. The lowest BCUT2D eigenvalue weighted by atomic mass is 9.84. The van der Waals surface area contributed by atoms with Crippen LogP contribution in [0.3, 0.4) is 0 Å². The minimum atomic E-state index is -4.60. The number of hydrogen-bond acceptors (Lipinski definition) is 6. The van der Waals surface area contributed by atoms with Crippen molar-refractivity contribution in [3.8, 4) is 0 Å². The number of hydrogen-bond donors (Lipinski definition) is 3. The predicted octanol–water partition coefficient (Wildman–Crippen LogP) is 2.48. The predicted molar refractivity (Wildman–Crippen MR) is 73.4 cm³/mol. The third kappa shape index (κ3) is 3.26. The van der Waals surface area contributed by atoms with Crippen LogP contribution in [0, 0.1) is 0 Å². The van der Waals surface area contributed by atoms with E-state index in [1.807, 2.05) is 6.26 Å². The molecule has 0 radical (unpaired) electrons. The maximum Gasteiger partial charge on any atom is 0.451 e. The van der Waals surface area contributed by atoms with Gasteiger partial charge in [0.2, 0.25) is 5.82 Å². The van der Waals surface area contributed by atoms with Crippen LogP contribution < -0.4 is 16.6 Å². The molecule has 20 heavy (non-hydrogen) atoms. The van der Waals surface area contributed by atoms with Crippen LogP contribution >= 0.6 is 11.8 Å². The molecule has 0 atom stereocenters. The van der Waals surface area contributed by atoms with Gasteiger partial charge in [-0.1, -0.05) is 6.42 Å². The molecule has 4 N–H and O–H groups in total. The summed E-state index contributed by atoms with van der Waals surface area (Å²) in [4.78, 5) is 6.80. The number of nitrogens with one attached hydrogen (secondary N) is 2. The number of aromatic nitrogens is 2. The summed E-state index contributed by atoms with van der Waals surface area (Å²) >= 11 is 1.73. The topological polar surface area (TPSA) is 75.9 Å². The van der Waals surface area contributed by atoms with Gasteiger partial charge in [-0.05, 0) is 19.1 Å². The Balaban J connectivity index is 2.14. The van der Waals surface area contributed by atoms with Crippen LogP contribution in [0.4, 0.5) is 24.8 Å². The summed E-state index contributed by atoms with van der Waals surface area (Å²) in [5, 5.41) is 2.96. The van der Waals surface area contributed by atoms with E-state index in [-0.39, 0.29) is 16.4 Å². The zero-order chi connectivity index (χ0) is 14.8. The van der Waals surface area contributed by atoms with Crippen LogP contribution in [0.25, 0.3) is 0 Å². The number of halogens is 3. The van der Waals surface area contributed by atoms with Gasteiger partial charge in [0.25, 0.3) is 0 Å². The van der Waals surface area contributed by atoms with Gasteiger partial charge >= 0.3 is 6.18 Å². The van der Waals surface area contributed by atoms with E-state index in [0.717, 1.165) is 19.3 Å².